The van der Waals surface area contributed by atoms with Gasteiger partial charge in [0, 0.05) is 12.2 Å². The summed E-state index contributed by atoms with van der Waals surface area (Å²) < 4.78 is 3.87. The summed E-state index contributed by atoms with van der Waals surface area (Å²) in [5.74, 6) is -0.0180. The molecule has 0 bridgehead atoms. The molecule has 2 rings (SSSR count). The van der Waals surface area contributed by atoms with Gasteiger partial charge in [0.15, 0.2) is 0 Å². The van der Waals surface area contributed by atoms with Gasteiger partial charge in [0.2, 0.25) is 0 Å². The first kappa shape index (κ1) is 12.7. The molecule has 0 fully saturated rings. The van der Waals surface area contributed by atoms with Gasteiger partial charge >= 0.3 is 0 Å². The fourth-order valence-corrected chi connectivity index (χ4v) is 2.48. The summed E-state index contributed by atoms with van der Waals surface area (Å²) in [6, 6.07) is 9.66. The van der Waals surface area contributed by atoms with E-state index >= 15 is 0 Å². The van der Waals surface area contributed by atoms with E-state index in [2.05, 4.69) is 9.59 Å². The van der Waals surface area contributed by atoms with E-state index in [9.17, 15) is 4.79 Å². The number of hydrogen-bond acceptors (Lipinski definition) is 4. The van der Waals surface area contributed by atoms with Crippen molar-refractivity contribution in [1.29, 1.82) is 0 Å². The normalized spacial score (nSPS) is 10.3. The Labute approximate surface area is 110 Å². The average molecular weight is 261 g/mol. The average Bonchev–Trinajstić information content (AvgIpc) is 2.89. The molecule has 0 radical (unpaired) electrons. The number of rotatable bonds is 4. The third kappa shape index (κ3) is 2.41. The second-order valence-electron chi connectivity index (χ2n) is 3.79. The third-order valence-corrected chi connectivity index (χ3v) is 3.47. The third-order valence-electron chi connectivity index (χ3n) is 2.71. The number of hydrogen-bond donors (Lipinski definition) is 0. The SMILES string of the molecule is CCc1nnsc1C(=O)N(CC)c1ccccc1. The van der Waals surface area contributed by atoms with Gasteiger partial charge in [-0.05, 0) is 37.0 Å². The number of aryl methyl sites for hydroxylation is 1. The van der Waals surface area contributed by atoms with Gasteiger partial charge < -0.3 is 4.90 Å². The molecule has 1 heterocycles. The van der Waals surface area contributed by atoms with Crippen LogP contribution >= 0.6 is 11.5 Å². The Balaban J connectivity index is 2.32. The molecule has 4 nitrogen and oxygen atoms in total. The number of anilines is 1. The highest BCUT2D eigenvalue weighted by Gasteiger charge is 2.21. The Bertz CT molecular complexity index is 524. The van der Waals surface area contributed by atoms with Crippen LogP contribution in [0.5, 0.6) is 0 Å². The maximum absolute atomic E-state index is 12.5. The Hall–Kier alpha value is -1.75. The predicted molar refractivity (Wildman–Crippen MR) is 73.1 cm³/mol. The summed E-state index contributed by atoms with van der Waals surface area (Å²) in [4.78, 5) is 14.9. The van der Waals surface area contributed by atoms with Crippen LogP contribution in [-0.2, 0) is 6.42 Å². The van der Waals surface area contributed by atoms with Gasteiger partial charge in [0.25, 0.3) is 5.91 Å². The molecular formula is C13H15N3OS. The van der Waals surface area contributed by atoms with Crippen molar-refractivity contribution in [2.75, 3.05) is 11.4 Å². The monoisotopic (exact) mass is 261 g/mol. The first-order valence-electron chi connectivity index (χ1n) is 5.96. The van der Waals surface area contributed by atoms with Gasteiger partial charge in [-0.1, -0.05) is 29.6 Å². The summed E-state index contributed by atoms with van der Waals surface area (Å²) in [5, 5.41) is 3.99. The molecule has 0 aliphatic carbocycles. The van der Waals surface area contributed by atoms with E-state index in [1.54, 1.807) is 4.90 Å². The fraction of sp³-hybridized carbons (Fsp3) is 0.308. The molecule has 0 aliphatic rings. The second-order valence-corrected chi connectivity index (χ2v) is 4.54. The van der Waals surface area contributed by atoms with Crippen LogP contribution in [0.25, 0.3) is 0 Å². The molecular weight excluding hydrogens is 246 g/mol. The molecule has 0 saturated carbocycles. The lowest BCUT2D eigenvalue weighted by atomic mass is 10.2. The van der Waals surface area contributed by atoms with Crippen molar-refractivity contribution in [2.24, 2.45) is 0 Å². The Morgan fingerprint density at radius 2 is 2.00 bits per heavy atom. The summed E-state index contributed by atoms with van der Waals surface area (Å²) in [6.07, 6.45) is 0.726. The first-order chi connectivity index (χ1) is 8.77. The van der Waals surface area contributed by atoms with E-state index in [-0.39, 0.29) is 5.91 Å². The van der Waals surface area contributed by atoms with Crippen LogP contribution in [0.4, 0.5) is 5.69 Å². The number of aromatic nitrogens is 2. The largest absolute Gasteiger partial charge is 0.308 e. The van der Waals surface area contributed by atoms with Gasteiger partial charge in [0.05, 0.1) is 5.69 Å². The van der Waals surface area contributed by atoms with Crippen molar-refractivity contribution in [3.8, 4) is 0 Å². The van der Waals surface area contributed by atoms with Crippen molar-refractivity contribution >= 4 is 23.1 Å². The van der Waals surface area contributed by atoms with Gasteiger partial charge in [-0.25, -0.2) is 0 Å². The minimum Gasteiger partial charge on any atom is -0.308 e. The molecule has 0 atom stereocenters. The molecule has 94 valence electrons. The number of carbonyl (C=O) groups is 1. The predicted octanol–water partition coefficient (Wildman–Crippen LogP) is 2.77. The number of carbonyl (C=O) groups excluding carboxylic acids is 1. The Morgan fingerprint density at radius 1 is 1.28 bits per heavy atom. The summed E-state index contributed by atoms with van der Waals surface area (Å²) in [6.45, 7) is 4.57. The van der Waals surface area contributed by atoms with Crippen LogP contribution in [0.3, 0.4) is 0 Å². The quantitative estimate of drug-likeness (QED) is 0.850. The lowest BCUT2D eigenvalue weighted by molar-refractivity contribution is 0.0991. The van der Waals surface area contributed by atoms with E-state index < -0.39 is 0 Å². The highest BCUT2D eigenvalue weighted by molar-refractivity contribution is 7.08. The van der Waals surface area contributed by atoms with Crippen LogP contribution < -0.4 is 4.90 Å². The second kappa shape index (κ2) is 5.73. The van der Waals surface area contributed by atoms with E-state index in [1.165, 1.54) is 11.5 Å². The molecule has 0 aliphatic heterocycles. The van der Waals surface area contributed by atoms with Crippen LogP contribution in [-0.4, -0.2) is 22.0 Å². The maximum atomic E-state index is 12.5. The minimum atomic E-state index is -0.0180. The molecule has 0 unspecified atom stereocenters. The number of benzene rings is 1. The van der Waals surface area contributed by atoms with Crippen molar-refractivity contribution in [2.45, 2.75) is 20.3 Å². The topological polar surface area (TPSA) is 46.1 Å². The van der Waals surface area contributed by atoms with E-state index in [0.29, 0.717) is 11.4 Å². The molecule has 0 N–H and O–H groups in total. The molecule has 18 heavy (non-hydrogen) atoms. The molecule has 1 aromatic heterocycles. The summed E-state index contributed by atoms with van der Waals surface area (Å²) in [5.41, 5.74) is 1.68. The van der Waals surface area contributed by atoms with Crippen molar-refractivity contribution in [3.05, 3.63) is 40.9 Å². The van der Waals surface area contributed by atoms with Gasteiger partial charge in [-0.15, -0.1) is 5.10 Å². The molecule has 0 saturated heterocycles. The molecule has 5 heteroatoms. The molecule has 1 aromatic carbocycles. The van der Waals surface area contributed by atoms with E-state index in [4.69, 9.17) is 0 Å². The number of para-hydroxylation sites is 1. The lowest BCUT2D eigenvalue weighted by Gasteiger charge is -2.20. The van der Waals surface area contributed by atoms with Gasteiger partial charge in [0.1, 0.15) is 4.88 Å². The standard InChI is InChI=1S/C13H15N3OS/c1-3-11-12(18-15-14-11)13(17)16(4-2)10-8-6-5-7-9-10/h5-9H,3-4H2,1-2H3. The van der Waals surface area contributed by atoms with Crippen molar-refractivity contribution in [1.82, 2.24) is 9.59 Å². The Kier molecular flexibility index (Phi) is 4.04. The zero-order valence-electron chi connectivity index (χ0n) is 10.5. The van der Waals surface area contributed by atoms with E-state index in [0.717, 1.165) is 17.8 Å². The lowest BCUT2D eigenvalue weighted by Crippen LogP contribution is -2.30. The van der Waals surface area contributed by atoms with Crippen LogP contribution in [0.2, 0.25) is 0 Å². The highest BCUT2D eigenvalue weighted by atomic mass is 32.1. The van der Waals surface area contributed by atoms with Crippen LogP contribution in [0.1, 0.15) is 29.2 Å². The van der Waals surface area contributed by atoms with Crippen molar-refractivity contribution < 1.29 is 4.79 Å². The number of nitrogens with zero attached hydrogens (tertiary/aromatic N) is 3. The fourth-order valence-electron chi connectivity index (χ4n) is 1.78. The summed E-state index contributed by atoms with van der Waals surface area (Å²) in [7, 11) is 0. The molecule has 1 amide bonds. The zero-order valence-corrected chi connectivity index (χ0v) is 11.3. The Morgan fingerprint density at radius 3 is 2.61 bits per heavy atom. The molecule has 2 aromatic rings. The van der Waals surface area contributed by atoms with Crippen LogP contribution in [0.15, 0.2) is 30.3 Å². The molecule has 0 spiro atoms. The summed E-state index contributed by atoms with van der Waals surface area (Å²) >= 11 is 1.17. The minimum absolute atomic E-state index is 0.0180. The zero-order chi connectivity index (χ0) is 13.0. The van der Waals surface area contributed by atoms with Crippen LogP contribution in [0, 0.1) is 0 Å². The first-order valence-corrected chi connectivity index (χ1v) is 6.73. The smallest absolute Gasteiger partial charge is 0.271 e. The van der Waals surface area contributed by atoms with Gasteiger partial charge in [-0.2, -0.15) is 0 Å². The number of amides is 1. The maximum Gasteiger partial charge on any atom is 0.271 e. The highest BCUT2D eigenvalue weighted by Crippen LogP contribution is 2.20. The van der Waals surface area contributed by atoms with Gasteiger partial charge in [-0.3, -0.25) is 4.79 Å². The van der Waals surface area contributed by atoms with Crippen molar-refractivity contribution in [3.63, 3.8) is 0 Å². The van der Waals surface area contributed by atoms with E-state index in [1.807, 2.05) is 44.2 Å².